The lowest BCUT2D eigenvalue weighted by atomic mass is 10.1. The molecular weight excluding hydrogens is 220 g/mol. The Labute approximate surface area is 108 Å². The molecule has 2 aromatic carbocycles. The van der Waals surface area contributed by atoms with E-state index in [0.717, 1.165) is 24.2 Å². The molecule has 18 heavy (non-hydrogen) atoms. The Kier molecular flexibility index (Phi) is 4.44. The topological polar surface area (TPSA) is 9.23 Å². The van der Waals surface area contributed by atoms with E-state index >= 15 is 0 Å². The second kappa shape index (κ2) is 6.51. The van der Waals surface area contributed by atoms with E-state index in [0.29, 0.717) is 6.61 Å². The monoisotopic (exact) mass is 236 g/mol. The zero-order valence-electron chi connectivity index (χ0n) is 10.3. The van der Waals surface area contributed by atoms with Crippen molar-refractivity contribution in [1.29, 1.82) is 0 Å². The maximum atomic E-state index is 5.80. The van der Waals surface area contributed by atoms with Gasteiger partial charge >= 0.3 is 0 Å². The highest BCUT2D eigenvalue weighted by Gasteiger charge is 2.04. The highest BCUT2D eigenvalue weighted by Crippen LogP contribution is 2.29. The molecule has 0 bridgehead atoms. The summed E-state index contributed by atoms with van der Waals surface area (Å²) in [6.07, 6.45) is 6.87. The van der Waals surface area contributed by atoms with Gasteiger partial charge in [-0.2, -0.15) is 0 Å². The van der Waals surface area contributed by atoms with Crippen molar-refractivity contribution >= 4 is 0 Å². The van der Waals surface area contributed by atoms with E-state index in [-0.39, 0.29) is 0 Å². The van der Waals surface area contributed by atoms with Crippen LogP contribution in [-0.2, 0) is 0 Å². The number of rotatable bonds is 5. The van der Waals surface area contributed by atoms with E-state index in [9.17, 15) is 0 Å². The molecule has 0 saturated heterocycles. The molecule has 0 atom stereocenters. The third-order valence-corrected chi connectivity index (χ3v) is 2.69. The van der Waals surface area contributed by atoms with Gasteiger partial charge in [0.25, 0.3) is 0 Å². The third kappa shape index (κ3) is 3.15. The summed E-state index contributed by atoms with van der Waals surface area (Å²) in [7, 11) is 0. The van der Waals surface area contributed by atoms with Crippen LogP contribution in [-0.4, -0.2) is 6.61 Å². The minimum Gasteiger partial charge on any atom is -0.493 e. The minimum absolute atomic E-state index is 0.661. The molecule has 0 fully saturated rings. The summed E-state index contributed by atoms with van der Waals surface area (Å²) in [5.74, 6) is 3.54. The molecule has 0 aliphatic heterocycles. The Balaban J connectivity index is 2.14. The zero-order chi connectivity index (χ0) is 12.6. The van der Waals surface area contributed by atoms with Crippen LogP contribution in [0.1, 0.15) is 12.8 Å². The summed E-state index contributed by atoms with van der Waals surface area (Å²) in [5, 5.41) is 0. The summed E-state index contributed by atoms with van der Waals surface area (Å²) in [6.45, 7) is 0.661. The van der Waals surface area contributed by atoms with E-state index in [4.69, 9.17) is 11.2 Å². The van der Waals surface area contributed by atoms with Gasteiger partial charge in [0.15, 0.2) is 0 Å². The minimum atomic E-state index is 0.661. The molecule has 0 heterocycles. The van der Waals surface area contributed by atoms with Gasteiger partial charge in [0, 0.05) is 12.0 Å². The first-order valence-corrected chi connectivity index (χ1v) is 6.12. The Hall–Kier alpha value is -2.20. The summed E-state index contributed by atoms with van der Waals surface area (Å²) >= 11 is 0. The maximum Gasteiger partial charge on any atom is 0.127 e. The first-order valence-electron chi connectivity index (χ1n) is 6.12. The van der Waals surface area contributed by atoms with Crippen molar-refractivity contribution in [3.05, 3.63) is 54.6 Å². The molecule has 0 aromatic heterocycles. The number of hydrogen-bond acceptors (Lipinski definition) is 1. The van der Waals surface area contributed by atoms with Crippen molar-refractivity contribution < 1.29 is 4.74 Å². The second-order valence-electron chi connectivity index (χ2n) is 4.02. The van der Waals surface area contributed by atoms with Gasteiger partial charge in [-0.3, -0.25) is 0 Å². The number of para-hydroxylation sites is 1. The molecule has 0 unspecified atom stereocenters. The first kappa shape index (κ1) is 12.3. The molecule has 0 N–H and O–H groups in total. The fraction of sp³-hybridized carbons (Fsp3) is 0.176. The predicted octanol–water partition coefficient (Wildman–Crippen LogP) is 4.15. The number of terminal acetylenes is 1. The van der Waals surface area contributed by atoms with Gasteiger partial charge in [0.1, 0.15) is 5.75 Å². The van der Waals surface area contributed by atoms with E-state index in [1.54, 1.807) is 0 Å². The van der Waals surface area contributed by atoms with Crippen molar-refractivity contribution in [2.24, 2.45) is 0 Å². The lowest BCUT2D eigenvalue weighted by Gasteiger charge is -2.11. The number of ether oxygens (including phenoxy) is 1. The SMILES string of the molecule is C#CCCCOc1ccccc1-c1ccccc1. The average molecular weight is 236 g/mol. The highest BCUT2D eigenvalue weighted by atomic mass is 16.5. The third-order valence-electron chi connectivity index (χ3n) is 2.69. The standard InChI is InChI=1S/C17H16O/c1-2-3-9-14-18-17-13-8-7-12-16(17)15-10-5-4-6-11-15/h1,4-8,10-13H,3,9,14H2. The lowest BCUT2D eigenvalue weighted by Crippen LogP contribution is -1.98. The highest BCUT2D eigenvalue weighted by molar-refractivity contribution is 5.70. The van der Waals surface area contributed by atoms with Crippen molar-refractivity contribution in [3.63, 3.8) is 0 Å². The van der Waals surface area contributed by atoms with Crippen LogP contribution >= 0.6 is 0 Å². The van der Waals surface area contributed by atoms with Crippen LogP contribution in [0.15, 0.2) is 54.6 Å². The van der Waals surface area contributed by atoms with Crippen LogP contribution in [0.2, 0.25) is 0 Å². The summed E-state index contributed by atoms with van der Waals surface area (Å²) in [5.41, 5.74) is 2.30. The van der Waals surface area contributed by atoms with E-state index in [1.165, 1.54) is 5.56 Å². The Morgan fingerprint density at radius 3 is 2.44 bits per heavy atom. The number of unbranched alkanes of at least 4 members (excludes halogenated alkanes) is 1. The van der Waals surface area contributed by atoms with Gasteiger partial charge in [-0.05, 0) is 18.1 Å². The molecule has 1 nitrogen and oxygen atoms in total. The van der Waals surface area contributed by atoms with E-state index < -0.39 is 0 Å². The zero-order valence-corrected chi connectivity index (χ0v) is 10.3. The number of hydrogen-bond donors (Lipinski definition) is 0. The van der Waals surface area contributed by atoms with Gasteiger partial charge in [0.05, 0.1) is 6.61 Å². The number of benzene rings is 2. The van der Waals surface area contributed by atoms with Gasteiger partial charge < -0.3 is 4.74 Å². The van der Waals surface area contributed by atoms with Crippen molar-refractivity contribution in [3.8, 4) is 29.2 Å². The fourth-order valence-corrected chi connectivity index (χ4v) is 1.81. The molecule has 90 valence electrons. The normalized spacial score (nSPS) is 9.72. The van der Waals surface area contributed by atoms with Crippen LogP contribution in [0.3, 0.4) is 0 Å². The molecule has 2 aromatic rings. The molecule has 1 heteroatoms. The average Bonchev–Trinajstić information content (AvgIpc) is 2.45. The van der Waals surface area contributed by atoms with E-state index in [2.05, 4.69) is 24.1 Å². The summed E-state index contributed by atoms with van der Waals surface area (Å²) in [6, 6.07) is 18.3. The largest absolute Gasteiger partial charge is 0.493 e. The molecule has 0 amide bonds. The first-order chi connectivity index (χ1) is 8.92. The molecule has 0 saturated carbocycles. The second-order valence-corrected chi connectivity index (χ2v) is 4.02. The van der Waals surface area contributed by atoms with Gasteiger partial charge in [-0.15, -0.1) is 12.3 Å². The van der Waals surface area contributed by atoms with Crippen LogP contribution in [0, 0.1) is 12.3 Å². The molecule has 0 radical (unpaired) electrons. The Morgan fingerprint density at radius 1 is 0.944 bits per heavy atom. The maximum absolute atomic E-state index is 5.80. The van der Waals surface area contributed by atoms with Crippen LogP contribution in [0.4, 0.5) is 0 Å². The van der Waals surface area contributed by atoms with Crippen molar-refractivity contribution in [2.45, 2.75) is 12.8 Å². The quantitative estimate of drug-likeness (QED) is 0.560. The molecule has 0 aliphatic carbocycles. The van der Waals surface area contributed by atoms with Crippen LogP contribution in [0.5, 0.6) is 5.75 Å². The smallest absolute Gasteiger partial charge is 0.127 e. The molecular formula is C17H16O. The van der Waals surface area contributed by atoms with Crippen molar-refractivity contribution in [2.75, 3.05) is 6.61 Å². The van der Waals surface area contributed by atoms with E-state index in [1.807, 2.05) is 36.4 Å². The summed E-state index contributed by atoms with van der Waals surface area (Å²) in [4.78, 5) is 0. The fourth-order valence-electron chi connectivity index (χ4n) is 1.81. The lowest BCUT2D eigenvalue weighted by molar-refractivity contribution is 0.314. The van der Waals surface area contributed by atoms with Crippen LogP contribution < -0.4 is 4.74 Å². The summed E-state index contributed by atoms with van der Waals surface area (Å²) < 4.78 is 5.80. The molecule has 2 rings (SSSR count). The molecule has 0 aliphatic rings. The van der Waals surface area contributed by atoms with Crippen LogP contribution in [0.25, 0.3) is 11.1 Å². The predicted molar refractivity (Wildman–Crippen MR) is 75.4 cm³/mol. The van der Waals surface area contributed by atoms with Gasteiger partial charge in [0.2, 0.25) is 0 Å². The van der Waals surface area contributed by atoms with Crippen molar-refractivity contribution in [1.82, 2.24) is 0 Å². The van der Waals surface area contributed by atoms with Gasteiger partial charge in [-0.25, -0.2) is 0 Å². The Bertz CT molecular complexity index is 523. The van der Waals surface area contributed by atoms with Gasteiger partial charge in [-0.1, -0.05) is 48.5 Å². The molecule has 0 spiro atoms. The Morgan fingerprint density at radius 2 is 1.67 bits per heavy atom.